The van der Waals surface area contributed by atoms with E-state index in [1.165, 1.54) is 11.3 Å². The highest BCUT2D eigenvalue weighted by Gasteiger charge is 2.21. The van der Waals surface area contributed by atoms with E-state index in [1.807, 2.05) is 17.9 Å². The average molecular weight is 399 g/mol. The minimum Gasteiger partial charge on any atom is -0.389 e. The van der Waals surface area contributed by atoms with Crippen molar-refractivity contribution in [3.63, 3.8) is 0 Å². The van der Waals surface area contributed by atoms with E-state index >= 15 is 0 Å². The van der Waals surface area contributed by atoms with Gasteiger partial charge in [0.15, 0.2) is 5.78 Å². The zero-order valence-corrected chi connectivity index (χ0v) is 14.7. The van der Waals surface area contributed by atoms with Gasteiger partial charge in [-0.3, -0.25) is 9.69 Å². The molecule has 0 radical (unpaired) electrons. The minimum atomic E-state index is -0.789. The molecule has 0 aliphatic rings. The van der Waals surface area contributed by atoms with Crippen LogP contribution < -0.4 is 0 Å². The number of Topliss-reactive ketones (excluding diaryl/α,β-unsaturated/α-hetero) is 1. The third kappa shape index (κ3) is 5.09. The molecule has 1 aromatic heterocycles. The van der Waals surface area contributed by atoms with Gasteiger partial charge >= 0.3 is 0 Å². The Bertz CT molecular complexity index is 426. The van der Waals surface area contributed by atoms with E-state index in [0.29, 0.717) is 18.7 Å². The summed E-state index contributed by atoms with van der Waals surface area (Å²) in [4.78, 5) is 14.1. The molecular weight excluding hydrogens is 382 g/mol. The summed E-state index contributed by atoms with van der Waals surface area (Å²) in [5.41, 5.74) is -0.0935. The van der Waals surface area contributed by atoms with Crippen molar-refractivity contribution in [2.45, 2.75) is 26.4 Å². The van der Waals surface area contributed by atoms with E-state index in [-0.39, 0.29) is 5.78 Å². The van der Waals surface area contributed by atoms with Gasteiger partial charge in [-0.1, -0.05) is 6.92 Å². The second kappa shape index (κ2) is 6.61. The fourth-order valence-corrected chi connectivity index (χ4v) is 4.50. The molecule has 3 nitrogen and oxygen atoms in total. The molecule has 0 saturated carbocycles. The average Bonchev–Trinajstić information content (AvgIpc) is 2.54. The summed E-state index contributed by atoms with van der Waals surface area (Å²) in [7, 11) is 0. The van der Waals surface area contributed by atoms with Gasteiger partial charge in [0.05, 0.1) is 19.7 Å². The Morgan fingerprint density at radius 3 is 2.50 bits per heavy atom. The second-order valence-corrected chi connectivity index (χ2v) is 8.53. The molecule has 1 aromatic rings. The Balaban J connectivity index is 2.71. The maximum Gasteiger partial charge on any atom is 0.178 e. The highest BCUT2D eigenvalue weighted by Crippen LogP contribution is 2.32. The number of carbonyl (C=O) groups is 1. The van der Waals surface area contributed by atoms with Gasteiger partial charge < -0.3 is 5.11 Å². The Morgan fingerprint density at radius 1 is 1.50 bits per heavy atom. The molecule has 0 amide bonds. The van der Waals surface area contributed by atoms with E-state index in [9.17, 15) is 9.90 Å². The molecule has 1 N–H and O–H groups in total. The monoisotopic (exact) mass is 397 g/mol. The number of aliphatic hydroxyl groups is 1. The Hall–Kier alpha value is 0.250. The quantitative estimate of drug-likeness (QED) is 0.745. The normalized spacial score (nSPS) is 12.2. The van der Waals surface area contributed by atoms with Gasteiger partial charge in [0.25, 0.3) is 0 Å². The van der Waals surface area contributed by atoms with E-state index in [0.717, 1.165) is 14.1 Å². The summed E-state index contributed by atoms with van der Waals surface area (Å²) in [6, 6.07) is 1.83. The van der Waals surface area contributed by atoms with Crippen molar-refractivity contribution in [3.05, 3.63) is 19.2 Å². The Kier molecular flexibility index (Phi) is 5.99. The second-order valence-electron chi connectivity index (χ2n) is 4.78. The van der Waals surface area contributed by atoms with Crippen molar-refractivity contribution >= 4 is 49.0 Å². The lowest BCUT2D eigenvalue weighted by Gasteiger charge is -2.27. The van der Waals surface area contributed by atoms with Gasteiger partial charge in [-0.15, -0.1) is 11.3 Å². The molecular formula is C12H17Br2NO2S. The van der Waals surface area contributed by atoms with Crippen molar-refractivity contribution in [2.24, 2.45) is 0 Å². The molecule has 1 heterocycles. The zero-order valence-electron chi connectivity index (χ0n) is 10.7. The van der Waals surface area contributed by atoms with E-state index in [1.54, 1.807) is 13.8 Å². The molecule has 0 unspecified atom stereocenters. The third-order valence-corrected chi connectivity index (χ3v) is 4.72. The molecule has 0 bridgehead atoms. The Labute approximate surface area is 128 Å². The number of halogens is 2. The van der Waals surface area contributed by atoms with Gasteiger partial charge in [-0.2, -0.15) is 0 Å². The van der Waals surface area contributed by atoms with Crippen LogP contribution in [0.25, 0.3) is 0 Å². The fourth-order valence-electron chi connectivity index (χ4n) is 1.65. The molecule has 0 atom stereocenters. The highest BCUT2D eigenvalue weighted by atomic mass is 79.9. The summed E-state index contributed by atoms with van der Waals surface area (Å²) in [5.74, 6) is 0.0647. The van der Waals surface area contributed by atoms with Gasteiger partial charge in [-0.05, 0) is 58.3 Å². The summed E-state index contributed by atoms with van der Waals surface area (Å²) >= 11 is 8.25. The molecule has 6 heteroatoms. The van der Waals surface area contributed by atoms with E-state index < -0.39 is 5.60 Å². The number of hydrogen-bond donors (Lipinski definition) is 1. The first-order valence-corrected chi connectivity index (χ1v) is 8.06. The van der Waals surface area contributed by atoms with Crippen LogP contribution in [-0.2, 0) is 0 Å². The molecule has 0 fully saturated rings. The third-order valence-electron chi connectivity index (χ3n) is 2.38. The summed E-state index contributed by atoms with van der Waals surface area (Å²) < 4.78 is 1.78. The SMILES string of the molecule is CCN(CC(=O)c1cc(Br)sc1Br)CC(C)(C)O. The van der Waals surface area contributed by atoms with Crippen LogP contribution in [0.5, 0.6) is 0 Å². The van der Waals surface area contributed by atoms with Crippen LogP contribution in [0.1, 0.15) is 31.1 Å². The molecule has 0 spiro atoms. The van der Waals surface area contributed by atoms with Gasteiger partial charge in [0.1, 0.15) is 0 Å². The smallest absolute Gasteiger partial charge is 0.178 e. The lowest BCUT2D eigenvalue weighted by atomic mass is 10.1. The standard InChI is InChI=1S/C12H17Br2NO2S/c1-4-15(7-12(2,3)17)6-9(16)8-5-10(13)18-11(8)14/h5,17H,4,6-7H2,1-3H3. The van der Waals surface area contributed by atoms with Crippen LogP contribution in [0.15, 0.2) is 13.6 Å². The molecule has 0 aliphatic heterocycles. The molecule has 0 aliphatic carbocycles. The van der Waals surface area contributed by atoms with Crippen LogP contribution in [0.3, 0.4) is 0 Å². The van der Waals surface area contributed by atoms with Crippen molar-refractivity contribution in [1.82, 2.24) is 4.90 Å². The van der Waals surface area contributed by atoms with Gasteiger partial charge in [0, 0.05) is 12.1 Å². The molecule has 0 saturated heterocycles. The number of thiophene rings is 1. The fraction of sp³-hybridized carbons (Fsp3) is 0.583. The summed E-state index contributed by atoms with van der Waals surface area (Å²) in [6.07, 6.45) is 0. The lowest BCUT2D eigenvalue weighted by Crippen LogP contribution is -2.41. The number of nitrogens with zero attached hydrogens (tertiary/aromatic N) is 1. The number of hydrogen-bond acceptors (Lipinski definition) is 4. The molecule has 18 heavy (non-hydrogen) atoms. The van der Waals surface area contributed by atoms with Gasteiger partial charge in [0.2, 0.25) is 0 Å². The van der Waals surface area contributed by atoms with Gasteiger partial charge in [-0.25, -0.2) is 0 Å². The summed E-state index contributed by atoms with van der Waals surface area (Å²) in [5, 5.41) is 9.79. The predicted octanol–water partition coefficient (Wildman–Crippen LogP) is 3.55. The van der Waals surface area contributed by atoms with E-state index in [2.05, 4.69) is 31.9 Å². The lowest BCUT2D eigenvalue weighted by molar-refractivity contribution is 0.0376. The van der Waals surface area contributed by atoms with Crippen molar-refractivity contribution in [2.75, 3.05) is 19.6 Å². The number of likely N-dealkylation sites (N-methyl/N-ethyl adjacent to an activating group) is 1. The zero-order chi connectivity index (χ0) is 13.9. The number of ketones is 1. The van der Waals surface area contributed by atoms with Crippen LogP contribution in [0.4, 0.5) is 0 Å². The van der Waals surface area contributed by atoms with Crippen molar-refractivity contribution < 1.29 is 9.90 Å². The van der Waals surface area contributed by atoms with Crippen LogP contribution in [0.2, 0.25) is 0 Å². The largest absolute Gasteiger partial charge is 0.389 e. The predicted molar refractivity (Wildman–Crippen MR) is 82.5 cm³/mol. The number of carbonyl (C=O) groups excluding carboxylic acids is 1. The first-order valence-electron chi connectivity index (χ1n) is 5.65. The summed E-state index contributed by atoms with van der Waals surface area (Å²) in [6.45, 7) is 7.02. The Morgan fingerprint density at radius 2 is 2.11 bits per heavy atom. The maximum atomic E-state index is 12.2. The first kappa shape index (κ1) is 16.3. The van der Waals surface area contributed by atoms with E-state index in [4.69, 9.17) is 0 Å². The van der Waals surface area contributed by atoms with Crippen molar-refractivity contribution in [3.8, 4) is 0 Å². The first-order chi connectivity index (χ1) is 8.23. The molecule has 1 rings (SSSR count). The molecule has 0 aromatic carbocycles. The maximum absolute atomic E-state index is 12.2. The minimum absolute atomic E-state index is 0.0647. The topological polar surface area (TPSA) is 40.5 Å². The van der Waals surface area contributed by atoms with Crippen LogP contribution in [0, 0.1) is 0 Å². The number of rotatable bonds is 6. The van der Waals surface area contributed by atoms with Crippen LogP contribution in [-0.4, -0.2) is 41.0 Å². The molecule has 102 valence electrons. The van der Waals surface area contributed by atoms with Crippen molar-refractivity contribution in [1.29, 1.82) is 0 Å². The highest BCUT2D eigenvalue weighted by molar-refractivity contribution is 9.12. The van der Waals surface area contributed by atoms with Crippen LogP contribution >= 0.6 is 43.2 Å².